The van der Waals surface area contributed by atoms with Gasteiger partial charge in [0.05, 0.1) is 17.7 Å². The number of carbonyl (C=O) groups excluding carboxylic acids is 2. The number of carbonyl (C=O) groups is 2. The maximum atomic E-state index is 13.8. The Kier molecular flexibility index (Phi) is 6.89. The number of hydrogen-bond donors (Lipinski definition) is 2. The summed E-state index contributed by atoms with van der Waals surface area (Å²) in [6.07, 6.45) is 1.10. The van der Waals surface area contributed by atoms with Gasteiger partial charge in [-0.05, 0) is 45.4 Å². The first-order valence-electron chi connectivity index (χ1n) is 10.6. The second-order valence-electron chi connectivity index (χ2n) is 8.78. The van der Waals surface area contributed by atoms with Crippen molar-refractivity contribution in [2.75, 3.05) is 10.6 Å². The zero-order valence-electron chi connectivity index (χ0n) is 19.6. The van der Waals surface area contributed by atoms with Crippen molar-refractivity contribution < 1.29 is 18.7 Å². The highest BCUT2D eigenvalue weighted by Gasteiger charge is 2.18. The molecule has 0 bridgehead atoms. The molecule has 0 aliphatic rings. The summed E-state index contributed by atoms with van der Waals surface area (Å²) in [5.74, 6) is -1.00. The number of nitrogens with one attached hydrogen (secondary N) is 2. The molecule has 0 radical (unpaired) electrons. The molecule has 182 valence electrons. The summed E-state index contributed by atoms with van der Waals surface area (Å²) in [5.41, 5.74) is -0.875. The van der Waals surface area contributed by atoms with Gasteiger partial charge in [-0.15, -0.1) is 0 Å². The van der Waals surface area contributed by atoms with Crippen molar-refractivity contribution in [3.63, 3.8) is 0 Å². The van der Waals surface area contributed by atoms with Crippen LogP contribution in [0.1, 0.15) is 33.6 Å². The monoisotopic (exact) mass is 474 g/mol. The first-order valence-corrected chi connectivity index (χ1v) is 10.6. The van der Waals surface area contributed by atoms with Crippen LogP contribution in [0, 0.1) is 5.82 Å². The molecule has 0 saturated carbocycles. The van der Waals surface area contributed by atoms with Gasteiger partial charge >= 0.3 is 11.8 Å². The quantitative estimate of drug-likeness (QED) is 0.564. The summed E-state index contributed by atoms with van der Waals surface area (Å²) < 4.78 is 22.8. The molecule has 0 spiro atoms. The summed E-state index contributed by atoms with van der Waals surface area (Å²) in [7, 11) is 2.91. The molecule has 2 aromatic heterocycles. The molecular formula is C22H27FN6O5. The van der Waals surface area contributed by atoms with E-state index in [1.807, 2.05) is 0 Å². The highest BCUT2D eigenvalue weighted by atomic mass is 19.1. The predicted molar refractivity (Wildman–Crippen MR) is 124 cm³/mol. The van der Waals surface area contributed by atoms with Gasteiger partial charge in [-0.2, -0.15) is 0 Å². The van der Waals surface area contributed by atoms with Crippen LogP contribution in [0.15, 0.2) is 34.1 Å². The Balaban J connectivity index is 1.67. The lowest BCUT2D eigenvalue weighted by Gasteiger charge is -2.20. The minimum absolute atomic E-state index is 0.0497. The van der Waals surface area contributed by atoms with E-state index in [0.717, 1.165) is 16.7 Å². The first-order chi connectivity index (χ1) is 15.9. The molecule has 34 heavy (non-hydrogen) atoms. The Labute approximate surface area is 194 Å². The van der Waals surface area contributed by atoms with Crippen LogP contribution < -0.4 is 21.9 Å². The standard InChI is InChI=1S/C22H27FN6O5/c1-22(2,3)34-20(32)26-14-9-8-13(23)11-15(14)25-16(30)7-6-10-29-12-24-18-17(29)19(31)28(5)21(33)27(18)4/h8-9,11-12H,6-7,10H2,1-5H3,(H,25,30)(H,26,32). The van der Waals surface area contributed by atoms with E-state index in [9.17, 15) is 23.6 Å². The molecule has 0 fully saturated rings. The van der Waals surface area contributed by atoms with Crippen molar-refractivity contribution in [2.24, 2.45) is 14.1 Å². The predicted octanol–water partition coefficient (Wildman–Crippen LogP) is 2.34. The van der Waals surface area contributed by atoms with Gasteiger partial charge in [-0.25, -0.2) is 19.0 Å². The van der Waals surface area contributed by atoms with Crippen LogP contribution in [-0.2, 0) is 30.2 Å². The second kappa shape index (κ2) is 9.49. The minimum atomic E-state index is -0.738. The van der Waals surface area contributed by atoms with Crippen molar-refractivity contribution in [3.05, 3.63) is 51.2 Å². The van der Waals surface area contributed by atoms with Gasteiger partial charge in [-0.1, -0.05) is 0 Å². The molecular weight excluding hydrogens is 447 g/mol. The number of benzene rings is 1. The number of nitrogens with zero attached hydrogens (tertiary/aromatic N) is 4. The van der Waals surface area contributed by atoms with Crippen molar-refractivity contribution in [1.29, 1.82) is 0 Å². The van der Waals surface area contributed by atoms with Crippen LogP contribution in [0.3, 0.4) is 0 Å². The van der Waals surface area contributed by atoms with Gasteiger partial charge in [-0.3, -0.25) is 24.0 Å². The highest BCUT2D eigenvalue weighted by Crippen LogP contribution is 2.24. The van der Waals surface area contributed by atoms with E-state index >= 15 is 0 Å². The number of hydrogen-bond acceptors (Lipinski definition) is 6. The fraction of sp³-hybridized carbons (Fsp3) is 0.409. The fourth-order valence-electron chi connectivity index (χ4n) is 3.33. The van der Waals surface area contributed by atoms with E-state index in [2.05, 4.69) is 15.6 Å². The Morgan fingerprint density at radius 3 is 2.47 bits per heavy atom. The van der Waals surface area contributed by atoms with E-state index in [4.69, 9.17) is 4.74 Å². The van der Waals surface area contributed by atoms with E-state index in [1.54, 1.807) is 25.3 Å². The van der Waals surface area contributed by atoms with Gasteiger partial charge in [0.25, 0.3) is 5.56 Å². The first kappa shape index (κ1) is 24.7. The third-order valence-corrected chi connectivity index (χ3v) is 4.91. The molecule has 0 atom stereocenters. The Morgan fingerprint density at radius 1 is 1.09 bits per heavy atom. The summed E-state index contributed by atoms with van der Waals surface area (Å²) in [6, 6.07) is 3.57. The molecule has 3 aromatic rings. The van der Waals surface area contributed by atoms with Crippen molar-refractivity contribution in [3.8, 4) is 0 Å². The molecule has 0 unspecified atom stereocenters. The number of fused-ring (bicyclic) bond motifs is 1. The summed E-state index contributed by atoms with van der Waals surface area (Å²) >= 11 is 0. The number of imidazole rings is 1. The molecule has 0 saturated heterocycles. The van der Waals surface area contributed by atoms with Crippen molar-refractivity contribution in [2.45, 2.75) is 45.8 Å². The Morgan fingerprint density at radius 2 is 1.79 bits per heavy atom. The second-order valence-corrected chi connectivity index (χ2v) is 8.78. The molecule has 0 aliphatic carbocycles. The SMILES string of the molecule is Cn1c(=O)c2c(ncn2CCCC(=O)Nc2cc(F)ccc2NC(=O)OC(C)(C)C)n(C)c1=O. The molecule has 0 aliphatic heterocycles. The maximum Gasteiger partial charge on any atom is 0.412 e. The lowest BCUT2D eigenvalue weighted by molar-refractivity contribution is -0.116. The zero-order chi connectivity index (χ0) is 25.2. The summed E-state index contributed by atoms with van der Waals surface area (Å²) in [4.78, 5) is 53.2. The number of ether oxygens (including phenoxy) is 1. The average molecular weight is 474 g/mol. The zero-order valence-corrected chi connectivity index (χ0v) is 19.6. The van der Waals surface area contributed by atoms with Crippen molar-refractivity contribution >= 4 is 34.5 Å². The highest BCUT2D eigenvalue weighted by molar-refractivity contribution is 5.97. The third-order valence-electron chi connectivity index (χ3n) is 4.91. The Bertz CT molecular complexity index is 1370. The van der Waals surface area contributed by atoms with Crippen LogP contribution in [0.5, 0.6) is 0 Å². The van der Waals surface area contributed by atoms with E-state index in [0.29, 0.717) is 13.0 Å². The Hall–Kier alpha value is -3.96. The molecule has 12 heteroatoms. The van der Waals surface area contributed by atoms with Crippen LogP contribution in [0.25, 0.3) is 11.2 Å². The smallest absolute Gasteiger partial charge is 0.412 e. The number of aryl methyl sites for hydroxylation is 2. The largest absolute Gasteiger partial charge is 0.444 e. The lowest BCUT2D eigenvalue weighted by atomic mass is 10.2. The molecule has 2 amide bonds. The van der Waals surface area contributed by atoms with E-state index in [1.165, 1.54) is 31.1 Å². The number of aromatic nitrogens is 4. The summed E-state index contributed by atoms with van der Waals surface area (Å²) in [5, 5.41) is 5.09. The normalized spacial score (nSPS) is 11.5. The van der Waals surface area contributed by atoms with Gasteiger partial charge in [0.1, 0.15) is 11.4 Å². The molecule has 3 rings (SSSR count). The lowest BCUT2D eigenvalue weighted by Crippen LogP contribution is -2.37. The number of rotatable bonds is 6. The van der Waals surface area contributed by atoms with Crippen LogP contribution in [0.2, 0.25) is 0 Å². The average Bonchev–Trinajstić information content (AvgIpc) is 3.15. The number of anilines is 2. The number of amides is 2. The molecule has 1 aromatic carbocycles. The van der Waals surface area contributed by atoms with Crippen LogP contribution in [-0.4, -0.2) is 36.3 Å². The van der Waals surface area contributed by atoms with Gasteiger partial charge in [0.2, 0.25) is 5.91 Å². The van der Waals surface area contributed by atoms with E-state index < -0.39 is 34.7 Å². The van der Waals surface area contributed by atoms with Gasteiger partial charge < -0.3 is 14.6 Å². The van der Waals surface area contributed by atoms with Crippen LogP contribution in [0.4, 0.5) is 20.6 Å². The minimum Gasteiger partial charge on any atom is -0.444 e. The third kappa shape index (κ3) is 5.50. The fourth-order valence-corrected chi connectivity index (χ4v) is 3.33. The number of halogens is 1. The van der Waals surface area contributed by atoms with Gasteiger partial charge in [0.15, 0.2) is 11.2 Å². The van der Waals surface area contributed by atoms with Crippen molar-refractivity contribution in [1.82, 2.24) is 18.7 Å². The molecule has 11 nitrogen and oxygen atoms in total. The topological polar surface area (TPSA) is 129 Å². The van der Waals surface area contributed by atoms with Crippen LogP contribution >= 0.6 is 0 Å². The van der Waals surface area contributed by atoms with E-state index in [-0.39, 0.29) is 29.0 Å². The molecule has 2 heterocycles. The maximum absolute atomic E-state index is 13.8. The molecule has 2 N–H and O–H groups in total. The summed E-state index contributed by atoms with van der Waals surface area (Å²) in [6.45, 7) is 5.42. The van der Waals surface area contributed by atoms with Gasteiger partial charge in [0, 0.05) is 27.1 Å².